The molecule has 23 heavy (non-hydrogen) atoms. The zero-order chi connectivity index (χ0) is 17.0. The molecule has 8 heteroatoms. The zero-order valence-corrected chi connectivity index (χ0v) is 13.7. The first-order valence-corrected chi connectivity index (χ1v) is 7.36. The summed E-state index contributed by atoms with van der Waals surface area (Å²) in [6.07, 6.45) is 0. The maximum absolute atomic E-state index is 13.8. The van der Waals surface area contributed by atoms with E-state index < -0.39 is 10.7 Å². The lowest BCUT2D eigenvalue weighted by Gasteiger charge is -2.22. The van der Waals surface area contributed by atoms with E-state index >= 15 is 0 Å². The number of hydrogen-bond donors (Lipinski definition) is 1. The molecule has 0 bridgehead atoms. The maximum Gasteiger partial charge on any atom is 0.269 e. The van der Waals surface area contributed by atoms with Crippen molar-refractivity contribution >= 4 is 40.3 Å². The van der Waals surface area contributed by atoms with E-state index in [-0.39, 0.29) is 12.2 Å². The molecule has 0 aliphatic rings. The Morgan fingerprint density at radius 2 is 2.00 bits per heavy atom. The van der Waals surface area contributed by atoms with Crippen molar-refractivity contribution in [1.29, 1.82) is 0 Å². The third-order valence-corrected chi connectivity index (χ3v) is 3.90. The Morgan fingerprint density at radius 1 is 1.35 bits per heavy atom. The van der Waals surface area contributed by atoms with Gasteiger partial charge in [-0.05, 0) is 36.5 Å². The van der Waals surface area contributed by atoms with Crippen molar-refractivity contribution in [1.82, 2.24) is 4.90 Å². The second-order valence-corrected chi connectivity index (χ2v) is 5.58. The van der Waals surface area contributed by atoms with Crippen LogP contribution >= 0.6 is 23.8 Å². The van der Waals surface area contributed by atoms with Gasteiger partial charge in [0.1, 0.15) is 5.82 Å². The van der Waals surface area contributed by atoms with Crippen molar-refractivity contribution in [2.75, 3.05) is 12.4 Å². The van der Waals surface area contributed by atoms with Crippen molar-refractivity contribution < 1.29 is 9.31 Å². The van der Waals surface area contributed by atoms with E-state index in [1.165, 1.54) is 24.3 Å². The molecule has 0 aliphatic heterocycles. The minimum atomic E-state index is -0.478. The third kappa shape index (κ3) is 4.37. The first-order chi connectivity index (χ1) is 10.9. The summed E-state index contributed by atoms with van der Waals surface area (Å²) in [4.78, 5) is 11.8. The molecule has 2 aromatic carbocycles. The number of rotatable bonds is 4. The fourth-order valence-electron chi connectivity index (χ4n) is 1.88. The molecular formula is C15H13ClFN3O2S. The van der Waals surface area contributed by atoms with E-state index in [4.69, 9.17) is 23.8 Å². The predicted molar refractivity (Wildman–Crippen MR) is 92.2 cm³/mol. The number of halogens is 2. The van der Waals surface area contributed by atoms with Gasteiger partial charge in [0.05, 0.1) is 4.92 Å². The van der Waals surface area contributed by atoms with Crippen LogP contribution in [-0.2, 0) is 6.54 Å². The van der Waals surface area contributed by atoms with E-state index in [2.05, 4.69) is 5.32 Å². The SMILES string of the molecule is CN(Cc1c(F)cccc1Cl)C(=S)Nc1ccc([N+](=O)[O-])cc1. The van der Waals surface area contributed by atoms with E-state index in [0.29, 0.717) is 21.4 Å². The normalized spacial score (nSPS) is 10.2. The molecule has 0 fully saturated rings. The van der Waals surface area contributed by atoms with Gasteiger partial charge < -0.3 is 10.2 Å². The molecule has 120 valence electrons. The number of hydrogen-bond acceptors (Lipinski definition) is 3. The predicted octanol–water partition coefficient (Wildman–Crippen LogP) is 4.22. The van der Waals surface area contributed by atoms with E-state index in [9.17, 15) is 14.5 Å². The molecule has 5 nitrogen and oxygen atoms in total. The van der Waals surface area contributed by atoms with Crippen LogP contribution in [0.4, 0.5) is 15.8 Å². The number of thiocarbonyl (C=S) groups is 1. The van der Waals surface area contributed by atoms with Crippen LogP contribution in [-0.4, -0.2) is 22.0 Å². The first kappa shape index (κ1) is 17.1. The lowest BCUT2D eigenvalue weighted by Crippen LogP contribution is -2.31. The van der Waals surface area contributed by atoms with Crippen LogP contribution in [0.3, 0.4) is 0 Å². The number of nitrogens with one attached hydrogen (secondary N) is 1. The summed E-state index contributed by atoms with van der Waals surface area (Å²) in [5, 5.41) is 14.2. The minimum Gasteiger partial charge on any atom is -0.348 e. The first-order valence-electron chi connectivity index (χ1n) is 6.58. The largest absolute Gasteiger partial charge is 0.348 e. The fourth-order valence-corrected chi connectivity index (χ4v) is 2.28. The number of benzene rings is 2. The Bertz CT molecular complexity index is 720. The summed E-state index contributed by atoms with van der Waals surface area (Å²) in [5.41, 5.74) is 0.949. The Morgan fingerprint density at radius 3 is 2.57 bits per heavy atom. The Kier molecular flexibility index (Phi) is 5.46. The average molecular weight is 354 g/mol. The Hall–Kier alpha value is -2.25. The van der Waals surface area contributed by atoms with Gasteiger partial charge in [0.2, 0.25) is 0 Å². The summed E-state index contributed by atoms with van der Waals surface area (Å²) in [5.74, 6) is -0.400. The second kappa shape index (κ2) is 7.34. The minimum absolute atomic E-state index is 0.00652. The summed E-state index contributed by atoms with van der Waals surface area (Å²) in [7, 11) is 1.70. The van der Waals surface area contributed by atoms with Crippen molar-refractivity contribution in [3.63, 3.8) is 0 Å². The number of nitrogens with zero attached hydrogens (tertiary/aromatic N) is 2. The van der Waals surface area contributed by atoms with Gasteiger partial charge in [-0.3, -0.25) is 10.1 Å². The van der Waals surface area contributed by atoms with Crippen LogP contribution in [0.15, 0.2) is 42.5 Å². The number of non-ortho nitro benzene ring substituents is 1. The molecule has 0 amide bonds. The molecule has 0 saturated heterocycles. The molecule has 0 spiro atoms. The van der Waals surface area contributed by atoms with Gasteiger partial charge in [0.25, 0.3) is 5.69 Å². The maximum atomic E-state index is 13.8. The van der Waals surface area contributed by atoms with Crippen LogP contribution in [0.1, 0.15) is 5.56 Å². The van der Waals surface area contributed by atoms with Crippen molar-refractivity contribution in [2.24, 2.45) is 0 Å². The summed E-state index contributed by atoms with van der Waals surface area (Å²) in [6, 6.07) is 10.3. The van der Waals surface area contributed by atoms with Gasteiger partial charge in [-0.15, -0.1) is 0 Å². The highest BCUT2D eigenvalue weighted by atomic mass is 35.5. The molecule has 0 heterocycles. The highest BCUT2D eigenvalue weighted by molar-refractivity contribution is 7.80. The van der Waals surface area contributed by atoms with E-state index in [1.807, 2.05) is 0 Å². The van der Waals surface area contributed by atoms with E-state index in [1.54, 1.807) is 30.1 Å². The Balaban J connectivity index is 2.04. The van der Waals surface area contributed by atoms with Gasteiger partial charge in [0, 0.05) is 42.0 Å². The summed E-state index contributed by atoms with van der Waals surface area (Å²) < 4.78 is 13.8. The van der Waals surface area contributed by atoms with Gasteiger partial charge in [0.15, 0.2) is 5.11 Å². The highest BCUT2D eigenvalue weighted by Gasteiger charge is 2.12. The number of nitro benzene ring substituents is 1. The molecule has 0 radical (unpaired) electrons. The molecule has 1 N–H and O–H groups in total. The van der Waals surface area contributed by atoms with Gasteiger partial charge in [-0.1, -0.05) is 17.7 Å². The van der Waals surface area contributed by atoms with Crippen molar-refractivity contribution in [3.05, 3.63) is 69.0 Å². The zero-order valence-electron chi connectivity index (χ0n) is 12.1. The van der Waals surface area contributed by atoms with Crippen LogP contribution in [0, 0.1) is 15.9 Å². The van der Waals surface area contributed by atoms with Crippen molar-refractivity contribution in [3.8, 4) is 0 Å². The second-order valence-electron chi connectivity index (χ2n) is 4.79. The molecule has 2 rings (SSSR count). The average Bonchev–Trinajstić information content (AvgIpc) is 2.51. The van der Waals surface area contributed by atoms with Gasteiger partial charge in [-0.25, -0.2) is 4.39 Å². The molecular weight excluding hydrogens is 341 g/mol. The monoisotopic (exact) mass is 353 g/mol. The molecule has 0 aromatic heterocycles. The number of nitro groups is 1. The van der Waals surface area contributed by atoms with Crippen LogP contribution in [0.2, 0.25) is 5.02 Å². The highest BCUT2D eigenvalue weighted by Crippen LogP contribution is 2.21. The van der Waals surface area contributed by atoms with Crippen LogP contribution in [0.25, 0.3) is 0 Å². The third-order valence-electron chi connectivity index (χ3n) is 3.13. The smallest absolute Gasteiger partial charge is 0.269 e. The van der Waals surface area contributed by atoms with E-state index in [0.717, 1.165) is 0 Å². The molecule has 0 aliphatic carbocycles. The number of anilines is 1. The molecule has 2 aromatic rings. The van der Waals surface area contributed by atoms with Gasteiger partial charge in [-0.2, -0.15) is 0 Å². The van der Waals surface area contributed by atoms with Crippen molar-refractivity contribution in [2.45, 2.75) is 6.54 Å². The Labute approximate surface area is 142 Å². The lowest BCUT2D eigenvalue weighted by molar-refractivity contribution is -0.384. The van der Waals surface area contributed by atoms with Crippen LogP contribution in [0.5, 0.6) is 0 Å². The quantitative estimate of drug-likeness (QED) is 0.506. The standard InChI is InChI=1S/C15H13ClFN3O2S/c1-19(9-12-13(16)3-2-4-14(12)17)15(23)18-10-5-7-11(8-6-10)20(21)22/h2-8H,9H2,1H3,(H,18,23). The topological polar surface area (TPSA) is 58.4 Å². The van der Waals surface area contributed by atoms with Crippen LogP contribution < -0.4 is 5.32 Å². The molecule has 0 atom stereocenters. The fraction of sp³-hybridized carbons (Fsp3) is 0.133. The summed E-state index contributed by atoms with van der Waals surface area (Å²) in [6.45, 7) is 0.199. The summed E-state index contributed by atoms with van der Waals surface area (Å²) >= 11 is 11.2. The molecule has 0 saturated carbocycles. The lowest BCUT2D eigenvalue weighted by atomic mass is 10.2. The van der Waals surface area contributed by atoms with Gasteiger partial charge >= 0.3 is 0 Å². The molecule has 0 unspecified atom stereocenters.